The van der Waals surface area contributed by atoms with Crippen molar-refractivity contribution in [3.05, 3.63) is 137 Å². The minimum absolute atomic E-state index is 0.297. The number of aryl methyl sites for hydroxylation is 1. The molecular weight excluding hydrogens is 440 g/mol. The highest BCUT2D eigenvalue weighted by molar-refractivity contribution is 5.85. The van der Waals surface area contributed by atoms with Gasteiger partial charge >= 0.3 is 0 Å². The number of hydrogen-bond donors (Lipinski definition) is 1. The van der Waals surface area contributed by atoms with E-state index in [9.17, 15) is 0 Å². The van der Waals surface area contributed by atoms with Crippen LogP contribution in [0.25, 0.3) is 0 Å². The van der Waals surface area contributed by atoms with Gasteiger partial charge in [0.1, 0.15) is 12.4 Å². The molecule has 0 radical (unpaired) electrons. The van der Waals surface area contributed by atoms with Crippen molar-refractivity contribution in [3.63, 3.8) is 0 Å². The quantitative estimate of drug-likeness (QED) is 0.228. The van der Waals surface area contributed by atoms with Gasteiger partial charge in [0.05, 0.1) is 11.7 Å². The van der Waals surface area contributed by atoms with Gasteiger partial charge in [0.2, 0.25) is 0 Å². The second kappa shape index (κ2) is 9.87. The van der Waals surface area contributed by atoms with Crippen LogP contribution in [-0.2, 0) is 6.61 Å². The fourth-order valence-electron chi connectivity index (χ4n) is 5.41. The van der Waals surface area contributed by atoms with Crippen LogP contribution < -0.4 is 10.1 Å². The highest BCUT2D eigenvalue weighted by Gasteiger charge is 2.37. The van der Waals surface area contributed by atoms with Crippen LogP contribution in [0.1, 0.15) is 46.2 Å². The van der Waals surface area contributed by atoms with E-state index in [0.717, 1.165) is 29.0 Å². The Hall–Kier alpha value is -4.11. The number of rotatable bonds is 6. The van der Waals surface area contributed by atoms with Gasteiger partial charge in [0, 0.05) is 23.4 Å². The first-order valence-electron chi connectivity index (χ1n) is 12.7. The Morgan fingerprint density at radius 2 is 1.72 bits per heavy atom. The first-order chi connectivity index (χ1) is 17.7. The summed E-state index contributed by atoms with van der Waals surface area (Å²) in [7, 11) is 0. The third-order valence-electron chi connectivity index (χ3n) is 7.28. The number of fused-ring (bicyclic) bond motifs is 3. The van der Waals surface area contributed by atoms with E-state index in [-0.39, 0.29) is 0 Å². The van der Waals surface area contributed by atoms with Gasteiger partial charge in [-0.25, -0.2) is 0 Å². The third kappa shape index (κ3) is 4.57. The predicted molar refractivity (Wildman–Crippen MR) is 148 cm³/mol. The molecule has 0 bridgehead atoms. The molecule has 1 N–H and O–H groups in total. The zero-order valence-corrected chi connectivity index (χ0v) is 20.5. The topological polar surface area (TPSA) is 33.6 Å². The minimum atomic E-state index is 0.297. The molecule has 0 aromatic heterocycles. The molecule has 0 spiro atoms. The highest BCUT2D eigenvalue weighted by atomic mass is 16.5. The number of allylic oxidation sites excluding steroid dienone is 2. The molecular formula is C33H30N2O. The Bertz CT molecular complexity index is 1410. The molecule has 3 atom stereocenters. The third-order valence-corrected chi connectivity index (χ3v) is 7.28. The zero-order chi connectivity index (χ0) is 24.3. The molecule has 0 amide bonds. The van der Waals surface area contributed by atoms with Gasteiger partial charge in [-0.1, -0.05) is 84.4 Å². The lowest BCUT2D eigenvalue weighted by molar-refractivity contribution is 0.306. The number of para-hydroxylation sites is 1. The highest BCUT2D eigenvalue weighted by Crippen LogP contribution is 2.50. The largest absolute Gasteiger partial charge is 0.488 e. The van der Waals surface area contributed by atoms with Crippen LogP contribution in [0.5, 0.6) is 5.75 Å². The van der Waals surface area contributed by atoms with Crippen LogP contribution in [0.4, 0.5) is 11.4 Å². The van der Waals surface area contributed by atoms with Gasteiger partial charge in [0.25, 0.3) is 0 Å². The fraction of sp³-hybridized carbons (Fsp3) is 0.182. The van der Waals surface area contributed by atoms with E-state index in [4.69, 9.17) is 9.73 Å². The molecule has 0 saturated heterocycles. The number of nitrogens with one attached hydrogen (secondary N) is 1. The summed E-state index contributed by atoms with van der Waals surface area (Å²) in [6, 6.07) is 34.0. The van der Waals surface area contributed by atoms with Crippen molar-refractivity contribution >= 4 is 17.6 Å². The second-order valence-corrected chi connectivity index (χ2v) is 9.73. The van der Waals surface area contributed by atoms with E-state index >= 15 is 0 Å². The Labute approximate surface area is 213 Å². The van der Waals surface area contributed by atoms with Gasteiger partial charge in [0.15, 0.2) is 0 Å². The second-order valence-electron chi connectivity index (χ2n) is 9.73. The van der Waals surface area contributed by atoms with E-state index in [1.807, 2.05) is 48.7 Å². The average molecular weight is 471 g/mol. The maximum Gasteiger partial charge on any atom is 0.128 e. The first-order valence-corrected chi connectivity index (χ1v) is 12.7. The number of benzene rings is 4. The smallest absolute Gasteiger partial charge is 0.128 e. The number of aliphatic imine (C=N–C) groups is 1. The minimum Gasteiger partial charge on any atom is -0.488 e. The molecule has 1 aliphatic carbocycles. The van der Waals surface area contributed by atoms with Gasteiger partial charge in [-0.2, -0.15) is 0 Å². The fourth-order valence-corrected chi connectivity index (χ4v) is 5.41. The van der Waals surface area contributed by atoms with Crippen LogP contribution in [-0.4, -0.2) is 6.21 Å². The van der Waals surface area contributed by atoms with Gasteiger partial charge < -0.3 is 10.1 Å². The maximum atomic E-state index is 6.08. The van der Waals surface area contributed by atoms with Crippen LogP contribution in [0.2, 0.25) is 0 Å². The summed E-state index contributed by atoms with van der Waals surface area (Å²) < 4.78 is 6.08. The Kier molecular flexibility index (Phi) is 6.13. The number of ether oxygens (including phenoxy) is 1. The molecule has 4 aromatic carbocycles. The van der Waals surface area contributed by atoms with Crippen LogP contribution >= 0.6 is 0 Å². The van der Waals surface area contributed by atoms with E-state index in [2.05, 4.69) is 79.0 Å². The molecule has 0 fully saturated rings. The standard InChI is InChI=1S/C33H30N2O/c1-23-14-19-31-30(20-23)28-11-7-12-29(28)33(35-31)25-15-17-27(18-16-25)34-21-26-10-5-6-13-32(26)36-22-24-8-3-2-4-9-24/h2-11,13-21,28-29,33,35H,12,22H2,1H3/t28-,29+,33+/m1/s1. The average Bonchev–Trinajstić information content (AvgIpc) is 3.42. The zero-order valence-electron chi connectivity index (χ0n) is 20.5. The molecule has 3 heteroatoms. The normalized spacial score (nSPS) is 20.1. The number of nitrogens with zero attached hydrogens (tertiary/aromatic N) is 1. The summed E-state index contributed by atoms with van der Waals surface area (Å²) in [5.74, 6) is 1.86. The number of hydrogen-bond acceptors (Lipinski definition) is 3. The van der Waals surface area contributed by atoms with Crippen molar-refractivity contribution in [1.29, 1.82) is 0 Å². The van der Waals surface area contributed by atoms with E-state index in [1.165, 1.54) is 22.4 Å². The van der Waals surface area contributed by atoms with Gasteiger partial charge in [-0.15, -0.1) is 0 Å². The summed E-state index contributed by atoms with van der Waals surface area (Å²) in [5, 5.41) is 3.83. The molecule has 178 valence electrons. The van der Waals surface area contributed by atoms with Crippen molar-refractivity contribution in [2.75, 3.05) is 5.32 Å². The molecule has 1 heterocycles. The lowest BCUT2D eigenvalue weighted by Gasteiger charge is -2.37. The van der Waals surface area contributed by atoms with E-state index in [1.54, 1.807) is 0 Å². The summed E-state index contributed by atoms with van der Waals surface area (Å²) >= 11 is 0. The summed E-state index contributed by atoms with van der Waals surface area (Å²) in [5.41, 5.74) is 8.37. The monoisotopic (exact) mass is 470 g/mol. The van der Waals surface area contributed by atoms with Crippen molar-refractivity contribution < 1.29 is 4.74 Å². The van der Waals surface area contributed by atoms with E-state index < -0.39 is 0 Å². The van der Waals surface area contributed by atoms with E-state index in [0.29, 0.717) is 24.5 Å². The molecule has 3 nitrogen and oxygen atoms in total. The lowest BCUT2D eigenvalue weighted by atomic mass is 9.76. The Morgan fingerprint density at radius 3 is 2.58 bits per heavy atom. The molecule has 2 aliphatic rings. The maximum absolute atomic E-state index is 6.08. The molecule has 1 aliphatic heterocycles. The van der Waals surface area contributed by atoms with Crippen molar-refractivity contribution in [2.45, 2.75) is 31.9 Å². The van der Waals surface area contributed by atoms with Crippen LogP contribution in [0, 0.1) is 12.8 Å². The van der Waals surface area contributed by atoms with Crippen LogP contribution in [0.3, 0.4) is 0 Å². The van der Waals surface area contributed by atoms with Gasteiger partial charge in [-0.05, 0) is 66.3 Å². The molecule has 0 saturated carbocycles. The molecule has 6 rings (SSSR count). The summed E-state index contributed by atoms with van der Waals surface area (Å²) in [4.78, 5) is 4.75. The van der Waals surface area contributed by atoms with Crippen molar-refractivity contribution in [1.82, 2.24) is 0 Å². The van der Waals surface area contributed by atoms with Crippen molar-refractivity contribution in [3.8, 4) is 5.75 Å². The van der Waals surface area contributed by atoms with Crippen LogP contribution in [0.15, 0.2) is 114 Å². The summed E-state index contributed by atoms with van der Waals surface area (Å²) in [6.07, 6.45) is 7.74. The molecule has 0 unspecified atom stereocenters. The van der Waals surface area contributed by atoms with Crippen molar-refractivity contribution in [2.24, 2.45) is 10.9 Å². The summed E-state index contributed by atoms with van der Waals surface area (Å²) in [6.45, 7) is 2.71. The Morgan fingerprint density at radius 1 is 0.917 bits per heavy atom. The first kappa shape index (κ1) is 22.4. The Balaban J connectivity index is 1.18. The van der Waals surface area contributed by atoms with Gasteiger partial charge in [-0.3, -0.25) is 4.99 Å². The lowest BCUT2D eigenvalue weighted by Crippen LogP contribution is -2.29. The SMILES string of the molecule is Cc1ccc2c(c1)[C@@H]1C=CC[C@@H]1[C@H](c1ccc(N=Cc3ccccc3OCc3ccccc3)cc1)N2. The predicted octanol–water partition coefficient (Wildman–Crippen LogP) is 8.15. The number of anilines is 1. The molecule has 4 aromatic rings. The molecule has 36 heavy (non-hydrogen) atoms.